The molecule has 2 amide bonds. The van der Waals surface area contributed by atoms with Crippen molar-refractivity contribution in [2.75, 3.05) is 17.3 Å². The highest BCUT2D eigenvalue weighted by atomic mass is 32.2. The third-order valence-corrected chi connectivity index (χ3v) is 8.95. The number of aliphatic carboxylic acids is 1. The van der Waals surface area contributed by atoms with Gasteiger partial charge in [0.25, 0.3) is 11.8 Å². The fraction of sp³-hybridized carbons (Fsp3) is 0.400. The number of nitrogens with zero attached hydrogens (tertiary/aromatic N) is 5. The molecular formula is C20H23N7O7S3. The standard InChI is InChI=1S/C20H23N7O7S3/c1-10(9-37(21,33)34)27-20(23-24-25-27)36-8-12-7-35-18-13(17(30)26(18)14(12)19(31)32)22-16(29)15(28)11-5-3-2-4-6-11/h2-6,10,13,15,18,28H,7-9H2,1H3,(H,22,29)(H,31,32)(H2,21,33,34)/t10?,13?,15-,18-/m1/s1. The molecule has 3 heterocycles. The number of nitrogens with two attached hydrogens (primary N) is 1. The molecule has 0 radical (unpaired) electrons. The second kappa shape index (κ2) is 10.8. The van der Waals surface area contributed by atoms with Crippen LogP contribution in [-0.4, -0.2) is 90.2 Å². The Morgan fingerprint density at radius 1 is 1.32 bits per heavy atom. The number of benzene rings is 1. The summed E-state index contributed by atoms with van der Waals surface area (Å²) in [6.07, 6.45) is -1.47. The summed E-state index contributed by atoms with van der Waals surface area (Å²) in [6, 6.07) is 6.60. The third-order valence-electron chi connectivity index (χ3n) is 5.64. The minimum atomic E-state index is -3.77. The number of amides is 2. The molecule has 2 aromatic rings. The number of carbonyl (C=O) groups is 3. The number of aliphatic hydroxyl groups is 1. The van der Waals surface area contributed by atoms with E-state index < -0.39 is 51.4 Å². The number of carbonyl (C=O) groups excluding carboxylic acids is 2. The average Bonchev–Trinajstić information content (AvgIpc) is 3.33. The summed E-state index contributed by atoms with van der Waals surface area (Å²) in [4.78, 5) is 38.6. The van der Waals surface area contributed by atoms with Crippen LogP contribution >= 0.6 is 23.5 Å². The van der Waals surface area contributed by atoms with E-state index in [1.807, 2.05) is 0 Å². The van der Waals surface area contributed by atoms with Crippen LogP contribution in [0, 0.1) is 0 Å². The van der Waals surface area contributed by atoms with Gasteiger partial charge in [-0.2, -0.15) is 0 Å². The van der Waals surface area contributed by atoms with Gasteiger partial charge in [0.05, 0.1) is 11.8 Å². The third kappa shape index (κ3) is 5.80. The molecule has 1 saturated heterocycles. The number of fused-ring (bicyclic) bond motifs is 1. The van der Waals surface area contributed by atoms with Crippen LogP contribution in [0.15, 0.2) is 46.8 Å². The minimum absolute atomic E-state index is 0.122. The lowest BCUT2D eigenvalue weighted by atomic mass is 10.0. The van der Waals surface area contributed by atoms with Gasteiger partial charge in [-0.1, -0.05) is 42.1 Å². The number of carboxylic acids is 1. The molecule has 1 aromatic carbocycles. The van der Waals surface area contributed by atoms with Gasteiger partial charge in [-0.25, -0.2) is 23.0 Å². The van der Waals surface area contributed by atoms with Crippen LogP contribution < -0.4 is 10.5 Å². The molecule has 198 valence electrons. The normalized spacial score (nSPS) is 21.2. The first kappa shape index (κ1) is 27.1. The molecule has 5 N–H and O–H groups in total. The van der Waals surface area contributed by atoms with E-state index in [1.54, 1.807) is 37.3 Å². The highest BCUT2D eigenvalue weighted by Gasteiger charge is 2.54. The highest BCUT2D eigenvalue weighted by Crippen LogP contribution is 2.41. The van der Waals surface area contributed by atoms with Crippen molar-refractivity contribution in [3.05, 3.63) is 47.2 Å². The van der Waals surface area contributed by atoms with E-state index in [4.69, 9.17) is 5.14 Å². The Kier molecular flexibility index (Phi) is 7.88. The smallest absolute Gasteiger partial charge is 0.352 e. The molecule has 4 atom stereocenters. The van der Waals surface area contributed by atoms with Gasteiger partial charge in [0, 0.05) is 11.5 Å². The van der Waals surface area contributed by atoms with E-state index in [1.165, 1.54) is 16.4 Å². The van der Waals surface area contributed by atoms with E-state index in [9.17, 15) is 33.0 Å². The molecule has 0 bridgehead atoms. The molecule has 14 nitrogen and oxygen atoms in total. The highest BCUT2D eigenvalue weighted by molar-refractivity contribution is 8.01. The number of rotatable bonds is 10. The summed E-state index contributed by atoms with van der Waals surface area (Å²) >= 11 is 2.37. The molecule has 2 aliphatic rings. The van der Waals surface area contributed by atoms with E-state index in [-0.39, 0.29) is 28.1 Å². The Morgan fingerprint density at radius 3 is 2.68 bits per heavy atom. The van der Waals surface area contributed by atoms with Gasteiger partial charge in [0.2, 0.25) is 15.2 Å². The molecular weight excluding hydrogens is 546 g/mol. The number of carboxylic acid groups (broad SMARTS) is 1. The number of sulfonamides is 1. The van der Waals surface area contributed by atoms with Crippen molar-refractivity contribution in [2.24, 2.45) is 5.14 Å². The van der Waals surface area contributed by atoms with Gasteiger partial charge in [0.1, 0.15) is 17.1 Å². The maximum Gasteiger partial charge on any atom is 0.352 e. The summed E-state index contributed by atoms with van der Waals surface area (Å²) in [5, 5.41) is 38.6. The first-order chi connectivity index (χ1) is 17.5. The van der Waals surface area contributed by atoms with Crippen molar-refractivity contribution in [2.45, 2.75) is 35.6 Å². The largest absolute Gasteiger partial charge is 0.477 e. The van der Waals surface area contributed by atoms with Crippen molar-refractivity contribution in [3.63, 3.8) is 0 Å². The molecule has 2 unspecified atom stereocenters. The first-order valence-electron chi connectivity index (χ1n) is 10.8. The maximum absolute atomic E-state index is 12.9. The number of β-lactam (4-membered cyclic amide) rings is 1. The number of hydrogen-bond acceptors (Lipinski definition) is 11. The fourth-order valence-corrected chi connectivity index (χ4v) is 7.20. The van der Waals surface area contributed by atoms with Gasteiger partial charge < -0.3 is 15.5 Å². The predicted octanol–water partition coefficient (Wildman–Crippen LogP) is -0.913. The topological polar surface area (TPSA) is 211 Å². The van der Waals surface area contributed by atoms with Crippen molar-refractivity contribution in [3.8, 4) is 0 Å². The van der Waals surface area contributed by atoms with Crippen LogP contribution in [0.2, 0.25) is 0 Å². The fourth-order valence-electron chi connectivity index (χ4n) is 3.93. The molecule has 17 heteroatoms. The van der Waals surface area contributed by atoms with Gasteiger partial charge in [-0.15, -0.1) is 16.9 Å². The van der Waals surface area contributed by atoms with E-state index in [0.29, 0.717) is 11.1 Å². The summed E-state index contributed by atoms with van der Waals surface area (Å²) in [6.45, 7) is 1.58. The van der Waals surface area contributed by atoms with Gasteiger partial charge in [-0.05, 0) is 28.5 Å². The van der Waals surface area contributed by atoms with E-state index in [2.05, 4.69) is 20.8 Å². The molecule has 1 fully saturated rings. The average molecular weight is 570 g/mol. The summed E-state index contributed by atoms with van der Waals surface area (Å²) in [5.41, 5.74) is 0.618. The van der Waals surface area contributed by atoms with Crippen LogP contribution in [0.5, 0.6) is 0 Å². The van der Waals surface area contributed by atoms with E-state index >= 15 is 0 Å². The summed E-state index contributed by atoms with van der Waals surface area (Å²) in [7, 11) is -3.77. The lowest BCUT2D eigenvalue weighted by molar-refractivity contribution is -0.151. The Labute approximate surface area is 219 Å². The summed E-state index contributed by atoms with van der Waals surface area (Å²) < 4.78 is 24.1. The quantitative estimate of drug-likeness (QED) is 0.202. The number of primary sulfonamides is 1. The van der Waals surface area contributed by atoms with Crippen LogP contribution in [0.4, 0.5) is 0 Å². The van der Waals surface area contributed by atoms with Crippen LogP contribution in [0.25, 0.3) is 0 Å². The first-order valence-corrected chi connectivity index (χ1v) is 14.6. The van der Waals surface area contributed by atoms with E-state index in [0.717, 1.165) is 16.7 Å². The number of aromatic nitrogens is 4. The van der Waals surface area contributed by atoms with Gasteiger partial charge >= 0.3 is 5.97 Å². The zero-order chi connectivity index (χ0) is 26.9. The number of hydrogen-bond donors (Lipinski definition) is 4. The van der Waals surface area contributed by atoms with Crippen molar-refractivity contribution >= 4 is 51.3 Å². The molecule has 2 aliphatic heterocycles. The molecule has 1 aromatic heterocycles. The number of aliphatic hydroxyl groups excluding tert-OH is 1. The molecule has 0 saturated carbocycles. The number of nitrogens with one attached hydrogen (secondary N) is 1. The second-order valence-corrected chi connectivity index (χ2v) is 12.0. The Morgan fingerprint density at radius 2 is 2.03 bits per heavy atom. The predicted molar refractivity (Wildman–Crippen MR) is 132 cm³/mol. The van der Waals surface area contributed by atoms with Gasteiger partial charge in [-0.3, -0.25) is 14.5 Å². The Balaban J connectivity index is 1.45. The summed E-state index contributed by atoms with van der Waals surface area (Å²) in [5.74, 6) is -2.67. The number of tetrazole rings is 1. The monoisotopic (exact) mass is 569 g/mol. The lowest BCUT2D eigenvalue weighted by Gasteiger charge is -2.49. The van der Waals surface area contributed by atoms with Crippen molar-refractivity contribution < 1.29 is 33.0 Å². The molecule has 37 heavy (non-hydrogen) atoms. The molecule has 0 spiro atoms. The SMILES string of the molecule is CC(CS(N)(=O)=O)n1nnnc1SCC1=C(C(=O)O)N2C(=O)C(NC(=O)[C@H](O)c3ccccc3)[C@H]2SC1. The van der Waals surface area contributed by atoms with Gasteiger partial charge in [0.15, 0.2) is 6.10 Å². The zero-order valence-electron chi connectivity index (χ0n) is 19.3. The Hall–Kier alpha value is -2.99. The molecule has 0 aliphatic carbocycles. The zero-order valence-corrected chi connectivity index (χ0v) is 21.7. The number of thioether (sulfide) groups is 2. The maximum atomic E-state index is 12.9. The lowest BCUT2D eigenvalue weighted by Crippen LogP contribution is -2.70. The minimum Gasteiger partial charge on any atom is -0.477 e. The molecule has 4 rings (SSSR count). The van der Waals surface area contributed by atoms with Crippen LogP contribution in [-0.2, 0) is 24.4 Å². The van der Waals surface area contributed by atoms with Crippen LogP contribution in [0.3, 0.4) is 0 Å². The second-order valence-electron chi connectivity index (χ2n) is 8.34. The van der Waals surface area contributed by atoms with Crippen molar-refractivity contribution in [1.29, 1.82) is 0 Å². The van der Waals surface area contributed by atoms with Crippen LogP contribution in [0.1, 0.15) is 24.6 Å². The Bertz CT molecular complexity index is 1350. The van der Waals surface area contributed by atoms with Crippen molar-refractivity contribution in [1.82, 2.24) is 30.4 Å².